The lowest BCUT2D eigenvalue weighted by atomic mass is 10.0. The van der Waals surface area contributed by atoms with Crippen molar-refractivity contribution >= 4 is 17.1 Å². The van der Waals surface area contributed by atoms with Crippen LogP contribution in [-0.4, -0.2) is 17.0 Å². The van der Waals surface area contributed by atoms with E-state index in [1.54, 1.807) is 0 Å². The number of hydrogen-bond acceptors (Lipinski definition) is 4. The zero-order valence-electron chi connectivity index (χ0n) is 21.2. The topological polar surface area (TPSA) is 55.1 Å². The standard InChI is InChI=1S/C29H44N2O2S/c1-2-3-4-5-6-7-8-9-10-11-12-15-22-33-25-20-18-24(19-21-25)27(32)23-31-26-16-13-14-17-28(26)34-29(31)30/h18-21,30H,2-17,22-23H2,1H3. The highest BCUT2D eigenvalue weighted by Crippen LogP contribution is 2.24. The number of benzene rings is 1. The molecule has 0 unspecified atom stereocenters. The first-order chi connectivity index (χ1) is 16.7. The fraction of sp³-hybridized carbons (Fsp3) is 0.655. The van der Waals surface area contributed by atoms with Gasteiger partial charge < -0.3 is 9.30 Å². The molecule has 0 saturated carbocycles. The van der Waals surface area contributed by atoms with E-state index in [4.69, 9.17) is 10.1 Å². The number of carbonyl (C=O) groups excluding carboxylic acids is 1. The number of carbonyl (C=O) groups is 1. The van der Waals surface area contributed by atoms with E-state index in [1.807, 2.05) is 28.8 Å². The SMILES string of the molecule is CCCCCCCCCCCCCCOc1ccc(C(=O)Cn2c3c(sc2=N)CCCC3)cc1. The summed E-state index contributed by atoms with van der Waals surface area (Å²) in [6.07, 6.45) is 20.5. The third kappa shape index (κ3) is 8.72. The van der Waals surface area contributed by atoms with Gasteiger partial charge in [0.05, 0.1) is 13.2 Å². The van der Waals surface area contributed by atoms with Gasteiger partial charge in [0.25, 0.3) is 0 Å². The van der Waals surface area contributed by atoms with Gasteiger partial charge in [0.15, 0.2) is 10.6 Å². The third-order valence-corrected chi connectivity index (χ3v) is 8.02. The van der Waals surface area contributed by atoms with Crippen LogP contribution in [0.5, 0.6) is 5.75 Å². The second kappa shape index (κ2) is 15.2. The Bertz CT molecular complexity index is 913. The normalized spacial score (nSPS) is 13.1. The molecule has 3 rings (SSSR count). The van der Waals surface area contributed by atoms with Crippen LogP contribution in [0.4, 0.5) is 0 Å². The monoisotopic (exact) mass is 484 g/mol. The molecule has 1 N–H and O–H groups in total. The first-order valence-electron chi connectivity index (χ1n) is 13.7. The van der Waals surface area contributed by atoms with E-state index in [2.05, 4.69) is 6.92 Å². The molecule has 0 atom stereocenters. The number of ether oxygens (including phenoxy) is 1. The predicted octanol–water partition coefficient (Wildman–Crippen LogP) is 7.87. The maximum absolute atomic E-state index is 12.8. The summed E-state index contributed by atoms with van der Waals surface area (Å²) in [5.74, 6) is 0.901. The zero-order valence-corrected chi connectivity index (χ0v) is 22.0. The van der Waals surface area contributed by atoms with Crippen molar-refractivity contribution in [1.82, 2.24) is 4.57 Å². The van der Waals surface area contributed by atoms with Crippen molar-refractivity contribution < 1.29 is 9.53 Å². The molecule has 0 aliphatic heterocycles. The minimum absolute atomic E-state index is 0.0668. The van der Waals surface area contributed by atoms with Gasteiger partial charge in [0, 0.05) is 16.1 Å². The Balaban J connectivity index is 1.27. The van der Waals surface area contributed by atoms with Gasteiger partial charge in [-0.25, -0.2) is 0 Å². The van der Waals surface area contributed by atoms with Crippen LogP contribution in [0, 0.1) is 5.41 Å². The van der Waals surface area contributed by atoms with E-state index in [1.165, 1.54) is 99.0 Å². The molecule has 0 amide bonds. The number of unbranched alkanes of at least 4 members (excludes halogenated alkanes) is 11. The summed E-state index contributed by atoms with van der Waals surface area (Å²) >= 11 is 1.54. The van der Waals surface area contributed by atoms with Gasteiger partial charge >= 0.3 is 0 Å². The van der Waals surface area contributed by atoms with Crippen LogP contribution in [0.3, 0.4) is 0 Å². The molecule has 188 valence electrons. The maximum atomic E-state index is 12.8. The fourth-order valence-corrected chi connectivity index (χ4v) is 5.92. The van der Waals surface area contributed by atoms with Crippen molar-refractivity contribution in [3.05, 3.63) is 45.2 Å². The third-order valence-electron chi connectivity index (χ3n) is 6.92. The van der Waals surface area contributed by atoms with Gasteiger partial charge in [0.1, 0.15) is 5.75 Å². The van der Waals surface area contributed by atoms with Crippen molar-refractivity contribution in [3.63, 3.8) is 0 Å². The van der Waals surface area contributed by atoms with Crippen molar-refractivity contribution in [2.45, 2.75) is 116 Å². The number of aromatic nitrogens is 1. The van der Waals surface area contributed by atoms with E-state index in [-0.39, 0.29) is 12.3 Å². The smallest absolute Gasteiger partial charge is 0.182 e. The molecule has 2 aromatic rings. The molecule has 34 heavy (non-hydrogen) atoms. The Labute approximate surface area is 210 Å². The van der Waals surface area contributed by atoms with Gasteiger partial charge in [-0.05, 0) is 56.4 Å². The Morgan fingerprint density at radius 1 is 0.882 bits per heavy atom. The molecule has 1 aliphatic rings. The second-order valence-corrected chi connectivity index (χ2v) is 10.8. The highest BCUT2D eigenvalue weighted by molar-refractivity contribution is 7.09. The molecule has 4 nitrogen and oxygen atoms in total. The van der Waals surface area contributed by atoms with Gasteiger partial charge in [-0.1, -0.05) is 77.6 Å². The number of ketones is 1. The number of nitrogens with zero attached hydrogens (tertiary/aromatic N) is 1. The molecule has 0 spiro atoms. The molecule has 0 radical (unpaired) electrons. The lowest BCUT2D eigenvalue weighted by molar-refractivity contribution is 0.0969. The van der Waals surface area contributed by atoms with E-state index < -0.39 is 0 Å². The lowest BCUT2D eigenvalue weighted by Crippen LogP contribution is -2.22. The number of aryl methyl sites for hydroxylation is 1. The Morgan fingerprint density at radius 2 is 1.47 bits per heavy atom. The highest BCUT2D eigenvalue weighted by atomic mass is 32.1. The summed E-state index contributed by atoms with van der Waals surface area (Å²) in [6.45, 7) is 3.28. The first-order valence-corrected chi connectivity index (χ1v) is 14.5. The second-order valence-electron chi connectivity index (χ2n) is 9.76. The largest absolute Gasteiger partial charge is 0.494 e. The minimum Gasteiger partial charge on any atom is -0.494 e. The molecule has 1 heterocycles. The van der Waals surface area contributed by atoms with Crippen LogP contribution in [0.25, 0.3) is 0 Å². The highest BCUT2D eigenvalue weighted by Gasteiger charge is 2.18. The quantitative estimate of drug-likeness (QED) is 0.183. The van der Waals surface area contributed by atoms with Crippen molar-refractivity contribution in [2.24, 2.45) is 0 Å². The molecule has 1 aromatic heterocycles. The fourth-order valence-electron chi connectivity index (χ4n) is 4.82. The van der Waals surface area contributed by atoms with Gasteiger partial charge in [0.2, 0.25) is 0 Å². The summed E-state index contributed by atoms with van der Waals surface area (Å²) in [6, 6.07) is 7.54. The summed E-state index contributed by atoms with van der Waals surface area (Å²) in [4.78, 5) is 14.6. The predicted molar refractivity (Wildman–Crippen MR) is 142 cm³/mol. The van der Waals surface area contributed by atoms with Crippen LogP contribution in [0.1, 0.15) is 118 Å². The molecular weight excluding hydrogens is 440 g/mol. The Morgan fingerprint density at radius 3 is 2.12 bits per heavy atom. The van der Waals surface area contributed by atoms with E-state index in [9.17, 15) is 4.79 Å². The molecule has 1 aliphatic carbocycles. The van der Waals surface area contributed by atoms with Crippen LogP contribution in [0.2, 0.25) is 0 Å². The molecular formula is C29H44N2O2S. The number of nitrogens with one attached hydrogen (secondary N) is 1. The number of rotatable bonds is 17. The molecule has 5 heteroatoms. The molecule has 0 bridgehead atoms. The van der Waals surface area contributed by atoms with E-state index in [0.717, 1.165) is 38.0 Å². The van der Waals surface area contributed by atoms with Crippen molar-refractivity contribution in [2.75, 3.05) is 6.61 Å². The Kier molecular flexibility index (Phi) is 11.9. The van der Waals surface area contributed by atoms with Crippen molar-refractivity contribution in [3.8, 4) is 5.75 Å². The number of hydrogen-bond donors (Lipinski definition) is 1. The van der Waals surface area contributed by atoms with Crippen molar-refractivity contribution in [1.29, 1.82) is 5.41 Å². The minimum atomic E-state index is 0.0668. The van der Waals surface area contributed by atoms with Crippen LogP contribution < -0.4 is 9.54 Å². The average molecular weight is 485 g/mol. The van der Waals surface area contributed by atoms with Crippen LogP contribution >= 0.6 is 11.3 Å². The molecule has 0 fully saturated rings. The van der Waals surface area contributed by atoms with E-state index in [0.29, 0.717) is 10.4 Å². The van der Waals surface area contributed by atoms with Crippen LogP contribution in [-0.2, 0) is 19.4 Å². The lowest BCUT2D eigenvalue weighted by Gasteiger charge is -2.14. The number of Topliss-reactive ketones (excluding diaryl/α,β-unsaturated/α-hetero) is 1. The van der Waals surface area contributed by atoms with Gasteiger partial charge in [-0.3, -0.25) is 10.2 Å². The summed E-state index contributed by atoms with van der Waals surface area (Å²) in [7, 11) is 0. The first kappa shape index (κ1) is 26.7. The number of fused-ring (bicyclic) bond motifs is 1. The number of thiazole rings is 1. The Hall–Kier alpha value is -1.88. The molecule has 1 aromatic carbocycles. The molecule has 0 saturated heterocycles. The van der Waals surface area contributed by atoms with Gasteiger partial charge in [-0.2, -0.15) is 0 Å². The summed E-state index contributed by atoms with van der Waals surface area (Å²) in [5.41, 5.74) is 1.90. The van der Waals surface area contributed by atoms with Gasteiger partial charge in [-0.15, -0.1) is 11.3 Å². The zero-order chi connectivity index (χ0) is 24.0. The average Bonchev–Trinajstić information content (AvgIpc) is 3.17. The van der Waals surface area contributed by atoms with Crippen LogP contribution in [0.15, 0.2) is 24.3 Å². The van der Waals surface area contributed by atoms with E-state index >= 15 is 0 Å². The summed E-state index contributed by atoms with van der Waals surface area (Å²) < 4.78 is 7.80. The summed E-state index contributed by atoms with van der Waals surface area (Å²) in [5, 5.41) is 8.26. The maximum Gasteiger partial charge on any atom is 0.182 e.